The Morgan fingerprint density at radius 3 is 2.38 bits per heavy atom. The highest BCUT2D eigenvalue weighted by Crippen LogP contribution is 2.44. The van der Waals surface area contributed by atoms with Crippen LogP contribution in [0, 0.1) is 23.2 Å². The Labute approximate surface area is 230 Å². The van der Waals surface area contributed by atoms with Crippen LogP contribution in [0.2, 0.25) is 0 Å². The fourth-order valence-corrected chi connectivity index (χ4v) is 6.45. The Bertz CT molecular complexity index is 1310. The van der Waals surface area contributed by atoms with Gasteiger partial charge in [-0.05, 0) is 49.4 Å². The summed E-state index contributed by atoms with van der Waals surface area (Å²) in [6, 6.07) is 9.22. The third kappa shape index (κ3) is 6.63. The SMILES string of the molecule is CC(C)C(C#N)NC(=O)C1CC(F)CCC1c1nc(C(C)(C)C)oc1-c1ccc(N2CCS(=O)(=O)CC2)cc1. The maximum absolute atomic E-state index is 14.6. The number of benzene rings is 1. The van der Waals surface area contributed by atoms with Gasteiger partial charge in [-0.3, -0.25) is 4.79 Å². The first-order valence-corrected chi connectivity index (χ1v) is 15.5. The number of aromatic nitrogens is 1. The highest BCUT2D eigenvalue weighted by atomic mass is 32.2. The monoisotopic (exact) mass is 558 g/mol. The molecule has 4 atom stereocenters. The molecule has 0 radical (unpaired) electrons. The van der Waals surface area contributed by atoms with Crippen molar-refractivity contribution < 1.29 is 22.0 Å². The molecule has 1 N–H and O–H groups in total. The maximum atomic E-state index is 14.6. The van der Waals surface area contributed by atoms with Crippen molar-refractivity contribution in [2.75, 3.05) is 29.5 Å². The Balaban J connectivity index is 1.68. The first kappa shape index (κ1) is 29.1. The fraction of sp³-hybridized carbons (Fsp3) is 0.621. The van der Waals surface area contributed by atoms with Gasteiger partial charge in [0.2, 0.25) is 11.8 Å². The van der Waals surface area contributed by atoms with Gasteiger partial charge in [0.05, 0.1) is 23.3 Å². The topological polar surface area (TPSA) is 116 Å². The number of nitrogens with zero attached hydrogens (tertiary/aromatic N) is 3. The Morgan fingerprint density at radius 2 is 1.82 bits per heavy atom. The van der Waals surface area contributed by atoms with E-state index in [1.807, 2.05) is 58.9 Å². The van der Waals surface area contributed by atoms with Crippen LogP contribution in [0.4, 0.5) is 10.1 Å². The first-order valence-electron chi connectivity index (χ1n) is 13.7. The second-order valence-corrected chi connectivity index (χ2v) is 14.5. The average Bonchev–Trinajstić information content (AvgIpc) is 3.33. The van der Waals surface area contributed by atoms with Crippen LogP contribution in [0.1, 0.15) is 71.4 Å². The number of halogens is 1. The fourth-order valence-electron chi connectivity index (χ4n) is 5.25. The summed E-state index contributed by atoms with van der Waals surface area (Å²) in [7, 11) is -2.98. The Kier molecular flexibility index (Phi) is 8.41. The molecule has 2 heterocycles. The van der Waals surface area contributed by atoms with E-state index in [4.69, 9.17) is 9.40 Å². The quantitative estimate of drug-likeness (QED) is 0.543. The molecule has 4 rings (SSSR count). The molecule has 2 aromatic rings. The van der Waals surface area contributed by atoms with E-state index in [0.717, 1.165) is 11.3 Å². The zero-order valence-electron chi connectivity index (χ0n) is 23.4. The number of amides is 1. The van der Waals surface area contributed by atoms with Crippen molar-refractivity contribution in [3.63, 3.8) is 0 Å². The smallest absolute Gasteiger partial charge is 0.224 e. The van der Waals surface area contributed by atoms with E-state index < -0.39 is 28.0 Å². The molecule has 0 bridgehead atoms. The van der Waals surface area contributed by atoms with Crippen LogP contribution in [0.3, 0.4) is 0 Å². The van der Waals surface area contributed by atoms with Gasteiger partial charge in [-0.2, -0.15) is 5.26 Å². The number of oxazole rings is 1. The second-order valence-electron chi connectivity index (χ2n) is 12.2. The highest BCUT2D eigenvalue weighted by Gasteiger charge is 2.41. The number of nitriles is 1. The largest absolute Gasteiger partial charge is 0.440 e. The van der Waals surface area contributed by atoms with E-state index in [9.17, 15) is 22.9 Å². The van der Waals surface area contributed by atoms with Gasteiger partial charge in [-0.25, -0.2) is 17.8 Å². The highest BCUT2D eigenvalue weighted by molar-refractivity contribution is 7.91. The molecule has 2 fully saturated rings. The molecule has 1 saturated carbocycles. The van der Waals surface area contributed by atoms with E-state index in [0.29, 0.717) is 43.3 Å². The standard InChI is InChI=1S/C29H39FN4O4S/c1-18(2)24(17-31)32-27(35)23-16-20(30)8-11-22(23)25-26(38-28(33-25)29(3,4)5)19-6-9-21(10-7-19)34-12-14-39(36,37)15-13-34/h6-7,9-10,18,20,22-24H,8,11-16H2,1-5H3,(H,32,35). The lowest BCUT2D eigenvalue weighted by Gasteiger charge is -2.32. The molecule has 0 spiro atoms. The molecular formula is C29H39FN4O4S. The molecule has 2 aliphatic rings. The minimum Gasteiger partial charge on any atom is -0.440 e. The normalized spacial score (nSPS) is 24.3. The number of sulfone groups is 1. The summed E-state index contributed by atoms with van der Waals surface area (Å²) in [6.07, 6.45) is -0.252. The average molecular weight is 559 g/mol. The molecule has 1 amide bonds. The van der Waals surface area contributed by atoms with Gasteiger partial charge in [-0.1, -0.05) is 34.6 Å². The molecule has 1 aromatic heterocycles. The Hall–Kier alpha value is -2.93. The molecule has 1 aliphatic carbocycles. The van der Waals surface area contributed by atoms with E-state index in [1.165, 1.54) is 0 Å². The summed E-state index contributed by atoms with van der Waals surface area (Å²) < 4.78 is 44.6. The maximum Gasteiger partial charge on any atom is 0.224 e. The summed E-state index contributed by atoms with van der Waals surface area (Å²) in [6.45, 7) is 10.6. The van der Waals surface area contributed by atoms with Crippen molar-refractivity contribution in [1.29, 1.82) is 5.26 Å². The third-order valence-electron chi connectivity index (χ3n) is 7.71. The van der Waals surface area contributed by atoms with Crippen LogP contribution in [-0.4, -0.2) is 56.1 Å². The summed E-state index contributed by atoms with van der Waals surface area (Å²) >= 11 is 0. The summed E-state index contributed by atoms with van der Waals surface area (Å²) in [5.41, 5.74) is 1.98. The van der Waals surface area contributed by atoms with Crippen LogP contribution in [-0.2, 0) is 20.0 Å². The number of anilines is 1. The molecular weight excluding hydrogens is 519 g/mol. The second kappa shape index (κ2) is 11.3. The summed E-state index contributed by atoms with van der Waals surface area (Å²) in [4.78, 5) is 20.3. The van der Waals surface area contributed by atoms with E-state index in [-0.39, 0.29) is 41.1 Å². The van der Waals surface area contributed by atoms with Gasteiger partial charge in [-0.15, -0.1) is 0 Å². The molecule has 212 valence electrons. The minimum atomic E-state index is -2.98. The van der Waals surface area contributed by atoms with Gasteiger partial charge in [0.1, 0.15) is 12.2 Å². The van der Waals surface area contributed by atoms with Gasteiger partial charge >= 0.3 is 0 Å². The summed E-state index contributed by atoms with van der Waals surface area (Å²) in [5, 5.41) is 12.3. The lowest BCUT2D eigenvalue weighted by molar-refractivity contribution is -0.128. The van der Waals surface area contributed by atoms with Crippen molar-refractivity contribution in [1.82, 2.24) is 10.3 Å². The zero-order chi connectivity index (χ0) is 28.5. The van der Waals surface area contributed by atoms with Crippen LogP contribution in [0.5, 0.6) is 0 Å². The molecule has 1 aromatic carbocycles. The Morgan fingerprint density at radius 1 is 1.18 bits per heavy atom. The lowest BCUT2D eigenvalue weighted by Crippen LogP contribution is -2.44. The van der Waals surface area contributed by atoms with Gasteiger partial charge in [0.15, 0.2) is 15.6 Å². The van der Waals surface area contributed by atoms with Crippen molar-refractivity contribution in [3.05, 3.63) is 35.9 Å². The summed E-state index contributed by atoms with van der Waals surface area (Å²) in [5.74, 6) is -0.0508. The van der Waals surface area contributed by atoms with Gasteiger partial charge < -0.3 is 14.6 Å². The molecule has 8 nitrogen and oxygen atoms in total. The molecule has 10 heteroatoms. The van der Waals surface area contributed by atoms with E-state index in [1.54, 1.807) is 0 Å². The predicted octanol–water partition coefficient (Wildman–Crippen LogP) is 4.76. The van der Waals surface area contributed by atoms with Crippen LogP contribution in [0.25, 0.3) is 11.3 Å². The van der Waals surface area contributed by atoms with E-state index >= 15 is 0 Å². The van der Waals surface area contributed by atoms with Gasteiger partial charge in [0, 0.05) is 41.6 Å². The number of hydrogen-bond donors (Lipinski definition) is 1. The third-order valence-corrected chi connectivity index (χ3v) is 9.32. The molecule has 1 saturated heterocycles. The van der Waals surface area contributed by atoms with Crippen molar-refractivity contribution in [2.24, 2.45) is 11.8 Å². The minimum absolute atomic E-state index is 0.0701. The number of hydrogen-bond acceptors (Lipinski definition) is 7. The van der Waals surface area contributed by atoms with E-state index in [2.05, 4.69) is 16.3 Å². The number of rotatable bonds is 6. The first-order chi connectivity index (χ1) is 18.3. The van der Waals surface area contributed by atoms with Crippen molar-refractivity contribution in [3.8, 4) is 17.4 Å². The van der Waals surface area contributed by atoms with Crippen LogP contribution < -0.4 is 10.2 Å². The van der Waals surface area contributed by atoms with Crippen molar-refractivity contribution in [2.45, 2.75) is 77.4 Å². The number of nitrogens with one attached hydrogen (secondary N) is 1. The van der Waals surface area contributed by atoms with Gasteiger partial charge in [0.25, 0.3) is 0 Å². The van der Waals surface area contributed by atoms with Crippen LogP contribution in [0.15, 0.2) is 28.7 Å². The number of carbonyl (C=O) groups excluding carboxylic acids is 1. The molecule has 1 aliphatic heterocycles. The number of alkyl halides is 1. The number of carbonyl (C=O) groups is 1. The lowest BCUT2D eigenvalue weighted by atomic mass is 9.75. The molecule has 4 unspecified atom stereocenters. The molecule has 39 heavy (non-hydrogen) atoms. The zero-order valence-corrected chi connectivity index (χ0v) is 24.2. The van der Waals surface area contributed by atoms with Crippen molar-refractivity contribution >= 4 is 21.4 Å². The predicted molar refractivity (Wildman–Crippen MR) is 149 cm³/mol. The van der Waals surface area contributed by atoms with Crippen LogP contribution >= 0.6 is 0 Å².